The van der Waals surface area contributed by atoms with E-state index in [1.54, 1.807) is 23.9 Å². The molecule has 1 saturated carbocycles. The fourth-order valence-corrected chi connectivity index (χ4v) is 3.34. The Kier molecular flexibility index (Phi) is 3.94. The summed E-state index contributed by atoms with van der Waals surface area (Å²) in [5, 5.41) is 8.84. The molecule has 1 aromatic carbocycles. The molecule has 0 bridgehead atoms. The van der Waals surface area contributed by atoms with Crippen LogP contribution in [0.3, 0.4) is 0 Å². The first-order valence-electron chi connectivity index (χ1n) is 5.92. The molecule has 0 heterocycles. The maximum atomic E-state index is 10.8. The van der Waals surface area contributed by atoms with Gasteiger partial charge in [-0.3, -0.25) is 0 Å². The summed E-state index contributed by atoms with van der Waals surface area (Å²) in [6, 6.07) is 4.98. The van der Waals surface area contributed by atoms with Crippen molar-refractivity contribution >= 4 is 23.4 Å². The number of nitrogen functional groups attached to an aromatic ring is 1. The Morgan fingerprint density at radius 3 is 2.71 bits per heavy atom. The summed E-state index contributed by atoms with van der Waals surface area (Å²) >= 11 is 1.75. The van der Waals surface area contributed by atoms with Crippen LogP contribution in [0.25, 0.3) is 0 Å². The van der Waals surface area contributed by atoms with Crippen molar-refractivity contribution in [3.8, 4) is 0 Å². The number of hydrogen-bond acceptors (Lipinski definition) is 3. The van der Waals surface area contributed by atoms with Crippen LogP contribution in [0.2, 0.25) is 0 Å². The molecule has 1 aliphatic rings. The molecule has 17 heavy (non-hydrogen) atoms. The standard InChI is InChI=1S/C13H17NO2S/c14-11-7-10(13(15)16)5-6-12(11)17-8-9-3-1-2-4-9/h5-7,9H,1-4,8,14H2,(H,15,16). The highest BCUT2D eigenvalue weighted by Gasteiger charge is 2.15. The monoisotopic (exact) mass is 251 g/mol. The van der Waals surface area contributed by atoms with E-state index in [2.05, 4.69) is 0 Å². The summed E-state index contributed by atoms with van der Waals surface area (Å²) in [5.41, 5.74) is 6.69. The first-order chi connectivity index (χ1) is 8.16. The molecule has 0 saturated heterocycles. The molecule has 0 amide bonds. The Labute approximate surface area is 105 Å². The molecule has 4 heteroatoms. The van der Waals surface area contributed by atoms with E-state index in [0.29, 0.717) is 5.69 Å². The number of anilines is 1. The highest BCUT2D eigenvalue weighted by molar-refractivity contribution is 7.99. The maximum absolute atomic E-state index is 10.8. The number of rotatable bonds is 4. The first-order valence-corrected chi connectivity index (χ1v) is 6.91. The number of nitrogens with two attached hydrogens (primary N) is 1. The van der Waals surface area contributed by atoms with Crippen molar-refractivity contribution in [3.63, 3.8) is 0 Å². The van der Waals surface area contributed by atoms with Gasteiger partial charge in [0.25, 0.3) is 0 Å². The zero-order valence-electron chi connectivity index (χ0n) is 9.69. The lowest BCUT2D eigenvalue weighted by Gasteiger charge is -2.10. The third-order valence-electron chi connectivity index (χ3n) is 3.21. The molecule has 0 aromatic heterocycles. The first kappa shape index (κ1) is 12.3. The molecular weight excluding hydrogens is 234 g/mol. The van der Waals surface area contributed by atoms with Crippen LogP contribution in [0.5, 0.6) is 0 Å². The van der Waals surface area contributed by atoms with Crippen LogP contribution in [0, 0.1) is 5.92 Å². The topological polar surface area (TPSA) is 63.3 Å². The van der Waals surface area contributed by atoms with E-state index >= 15 is 0 Å². The molecular formula is C13H17NO2S. The lowest BCUT2D eigenvalue weighted by Crippen LogP contribution is -2.00. The van der Waals surface area contributed by atoms with Crippen LogP contribution in [-0.2, 0) is 0 Å². The van der Waals surface area contributed by atoms with E-state index in [-0.39, 0.29) is 5.56 Å². The van der Waals surface area contributed by atoms with Crippen molar-refractivity contribution in [1.82, 2.24) is 0 Å². The van der Waals surface area contributed by atoms with Crippen molar-refractivity contribution in [3.05, 3.63) is 23.8 Å². The SMILES string of the molecule is Nc1cc(C(=O)O)ccc1SCC1CCCC1. The second-order valence-electron chi connectivity index (χ2n) is 4.52. The lowest BCUT2D eigenvalue weighted by molar-refractivity contribution is 0.0697. The van der Waals surface area contributed by atoms with Crippen molar-refractivity contribution < 1.29 is 9.90 Å². The summed E-state index contributed by atoms with van der Waals surface area (Å²) in [6.45, 7) is 0. The number of aromatic carboxylic acids is 1. The number of thioether (sulfide) groups is 1. The lowest BCUT2D eigenvalue weighted by atomic mass is 10.1. The Morgan fingerprint density at radius 2 is 2.12 bits per heavy atom. The van der Waals surface area contributed by atoms with Crippen molar-refractivity contribution in [2.24, 2.45) is 5.92 Å². The predicted octanol–water partition coefficient (Wildman–Crippen LogP) is 3.25. The predicted molar refractivity (Wildman–Crippen MR) is 70.5 cm³/mol. The maximum Gasteiger partial charge on any atom is 0.335 e. The van der Waals surface area contributed by atoms with Gasteiger partial charge in [-0.2, -0.15) is 0 Å². The molecule has 0 aliphatic heterocycles. The summed E-state index contributed by atoms with van der Waals surface area (Å²) < 4.78 is 0. The molecule has 0 radical (unpaired) electrons. The fourth-order valence-electron chi connectivity index (χ4n) is 2.20. The van der Waals surface area contributed by atoms with E-state index in [4.69, 9.17) is 10.8 Å². The number of hydrogen-bond donors (Lipinski definition) is 2. The van der Waals surface area contributed by atoms with E-state index in [1.165, 1.54) is 25.7 Å². The zero-order chi connectivity index (χ0) is 12.3. The van der Waals surface area contributed by atoms with Crippen LogP contribution < -0.4 is 5.73 Å². The van der Waals surface area contributed by atoms with Gasteiger partial charge < -0.3 is 10.8 Å². The van der Waals surface area contributed by atoms with Crippen LogP contribution in [0.1, 0.15) is 36.0 Å². The van der Waals surface area contributed by atoms with E-state index in [9.17, 15) is 4.79 Å². The minimum absolute atomic E-state index is 0.257. The molecule has 3 nitrogen and oxygen atoms in total. The van der Waals surface area contributed by atoms with Crippen LogP contribution >= 0.6 is 11.8 Å². The van der Waals surface area contributed by atoms with Crippen LogP contribution in [-0.4, -0.2) is 16.8 Å². The third kappa shape index (κ3) is 3.16. The average molecular weight is 251 g/mol. The van der Waals surface area contributed by atoms with Crippen molar-refractivity contribution in [1.29, 1.82) is 0 Å². The van der Waals surface area contributed by atoms with Gasteiger partial charge >= 0.3 is 5.97 Å². The molecule has 0 atom stereocenters. The van der Waals surface area contributed by atoms with E-state index < -0.39 is 5.97 Å². The minimum Gasteiger partial charge on any atom is -0.478 e. The van der Waals surface area contributed by atoms with Gasteiger partial charge in [0.15, 0.2) is 0 Å². The Balaban J connectivity index is 1.98. The van der Waals surface area contributed by atoms with Crippen LogP contribution in [0.15, 0.2) is 23.1 Å². The van der Waals surface area contributed by atoms with E-state index in [0.717, 1.165) is 16.6 Å². The zero-order valence-corrected chi connectivity index (χ0v) is 10.5. The van der Waals surface area contributed by atoms with Gasteiger partial charge in [-0.25, -0.2) is 4.79 Å². The summed E-state index contributed by atoms with van der Waals surface area (Å²) in [7, 11) is 0. The number of benzene rings is 1. The fraction of sp³-hybridized carbons (Fsp3) is 0.462. The molecule has 0 unspecified atom stereocenters. The highest BCUT2D eigenvalue weighted by atomic mass is 32.2. The van der Waals surface area contributed by atoms with Gasteiger partial charge in [-0.1, -0.05) is 12.8 Å². The van der Waals surface area contributed by atoms with Gasteiger partial charge in [0.2, 0.25) is 0 Å². The smallest absolute Gasteiger partial charge is 0.335 e. The van der Waals surface area contributed by atoms with Crippen molar-refractivity contribution in [2.45, 2.75) is 30.6 Å². The molecule has 1 aromatic rings. The Hall–Kier alpha value is -1.16. The third-order valence-corrected chi connectivity index (χ3v) is 4.53. The normalized spacial score (nSPS) is 16.2. The number of carboxylic acids is 1. The van der Waals surface area contributed by atoms with Crippen molar-refractivity contribution in [2.75, 3.05) is 11.5 Å². The van der Waals surface area contributed by atoms with Gasteiger partial charge in [-0.05, 0) is 37.0 Å². The molecule has 2 rings (SSSR count). The number of carboxylic acid groups (broad SMARTS) is 1. The molecule has 3 N–H and O–H groups in total. The second kappa shape index (κ2) is 5.45. The minimum atomic E-state index is -0.927. The Morgan fingerprint density at radius 1 is 1.41 bits per heavy atom. The van der Waals surface area contributed by atoms with Gasteiger partial charge in [0, 0.05) is 16.3 Å². The largest absolute Gasteiger partial charge is 0.478 e. The Bertz CT molecular complexity index is 414. The van der Waals surface area contributed by atoms with Gasteiger partial charge in [0.1, 0.15) is 0 Å². The van der Waals surface area contributed by atoms with Crippen LogP contribution in [0.4, 0.5) is 5.69 Å². The molecule has 92 valence electrons. The highest BCUT2D eigenvalue weighted by Crippen LogP contribution is 2.33. The molecule has 1 aliphatic carbocycles. The van der Waals surface area contributed by atoms with Gasteiger partial charge in [0.05, 0.1) is 5.56 Å². The second-order valence-corrected chi connectivity index (χ2v) is 5.58. The molecule has 1 fully saturated rings. The number of carbonyl (C=O) groups is 1. The quantitative estimate of drug-likeness (QED) is 0.637. The molecule has 0 spiro atoms. The van der Waals surface area contributed by atoms with E-state index in [1.807, 2.05) is 6.07 Å². The summed E-state index contributed by atoms with van der Waals surface area (Å²) in [6.07, 6.45) is 5.33. The summed E-state index contributed by atoms with van der Waals surface area (Å²) in [5.74, 6) is 0.971. The average Bonchev–Trinajstić information content (AvgIpc) is 2.80. The summed E-state index contributed by atoms with van der Waals surface area (Å²) in [4.78, 5) is 11.8. The van der Waals surface area contributed by atoms with Gasteiger partial charge in [-0.15, -0.1) is 11.8 Å².